The minimum atomic E-state index is -1.09. The molecule has 0 saturated heterocycles. The maximum Gasteiger partial charge on any atom is 0.338 e. The zero-order valence-electron chi connectivity index (χ0n) is 22.6. The van der Waals surface area contributed by atoms with Gasteiger partial charge >= 0.3 is 11.9 Å². The zero-order valence-corrected chi connectivity index (χ0v) is 22.6. The first-order valence-electron chi connectivity index (χ1n) is 13.0. The van der Waals surface area contributed by atoms with Crippen molar-refractivity contribution < 1.29 is 49.1 Å². The van der Waals surface area contributed by atoms with Crippen LogP contribution in [0.4, 0.5) is 0 Å². The van der Waals surface area contributed by atoms with Gasteiger partial charge in [0.2, 0.25) is 5.78 Å². The number of amides is 1. The number of aromatic hydroxyl groups is 4. The molecule has 11 heteroatoms. The van der Waals surface area contributed by atoms with E-state index in [4.69, 9.17) is 4.74 Å². The highest BCUT2D eigenvalue weighted by Gasteiger charge is 2.37. The van der Waals surface area contributed by atoms with E-state index in [9.17, 15) is 39.6 Å². The van der Waals surface area contributed by atoms with Gasteiger partial charge in [-0.1, -0.05) is 30.3 Å². The first kappa shape index (κ1) is 28.7. The van der Waals surface area contributed by atoms with Gasteiger partial charge in [0.1, 0.15) is 34.7 Å². The number of fused-ring (bicyclic) bond motifs is 1. The number of benzene rings is 4. The monoisotopic (exact) mass is 583 g/mol. The van der Waals surface area contributed by atoms with Crippen LogP contribution in [-0.4, -0.2) is 57.3 Å². The van der Waals surface area contributed by atoms with E-state index >= 15 is 0 Å². The van der Waals surface area contributed by atoms with E-state index in [1.54, 1.807) is 12.1 Å². The fourth-order valence-electron chi connectivity index (χ4n) is 5.03. The number of ketones is 1. The molecular weight excluding hydrogens is 558 g/mol. The van der Waals surface area contributed by atoms with Crippen LogP contribution < -0.4 is 5.32 Å². The molecule has 0 spiro atoms. The van der Waals surface area contributed by atoms with Gasteiger partial charge in [-0.25, -0.2) is 9.59 Å². The Balaban J connectivity index is 1.41. The predicted molar refractivity (Wildman–Crippen MR) is 150 cm³/mol. The standard InChI is InChI=1S/C32H25NO10/c1-42-32(41)21-7-4-8-22(35)26(21)29(38)27-23(36)13-18(14-24(27)37)31(40)43-25-15-17-5-2-3-6-20(17)28(25)33-30(39)16-9-11-19(34)12-10-16/h2-14,25,28,34-37H,15H2,1H3,(H,33,39). The van der Waals surface area contributed by atoms with Gasteiger partial charge in [0.05, 0.1) is 29.8 Å². The number of carbonyl (C=O) groups excluding carboxylic acids is 4. The van der Waals surface area contributed by atoms with Gasteiger partial charge < -0.3 is 35.2 Å². The van der Waals surface area contributed by atoms with Crippen LogP contribution in [0.3, 0.4) is 0 Å². The van der Waals surface area contributed by atoms with E-state index in [1.807, 2.05) is 12.1 Å². The molecule has 43 heavy (non-hydrogen) atoms. The molecule has 2 atom stereocenters. The van der Waals surface area contributed by atoms with E-state index in [0.29, 0.717) is 0 Å². The van der Waals surface area contributed by atoms with Crippen LogP contribution in [0.25, 0.3) is 0 Å². The molecule has 1 amide bonds. The van der Waals surface area contributed by atoms with Crippen LogP contribution in [-0.2, 0) is 15.9 Å². The number of methoxy groups -OCH3 is 1. The largest absolute Gasteiger partial charge is 0.508 e. The number of ether oxygens (including phenoxy) is 2. The zero-order chi connectivity index (χ0) is 30.8. The quantitative estimate of drug-likeness (QED) is 0.159. The van der Waals surface area contributed by atoms with Gasteiger partial charge in [-0.05, 0) is 59.7 Å². The Bertz CT molecular complexity index is 1740. The summed E-state index contributed by atoms with van der Waals surface area (Å²) in [6, 6.07) is 17.7. The third-order valence-corrected chi connectivity index (χ3v) is 7.09. The third kappa shape index (κ3) is 5.55. The molecule has 11 nitrogen and oxygen atoms in total. The van der Waals surface area contributed by atoms with Gasteiger partial charge in [-0.15, -0.1) is 0 Å². The van der Waals surface area contributed by atoms with Gasteiger partial charge in [0, 0.05) is 12.0 Å². The van der Waals surface area contributed by atoms with Crippen molar-refractivity contribution >= 4 is 23.6 Å². The molecule has 0 saturated carbocycles. The highest BCUT2D eigenvalue weighted by molar-refractivity contribution is 6.18. The normalized spacial score (nSPS) is 15.3. The van der Waals surface area contributed by atoms with E-state index < -0.39 is 64.2 Å². The summed E-state index contributed by atoms with van der Waals surface area (Å²) in [6.07, 6.45) is -0.596. The second kappa shape index (κ2) is 11.6. The number of hydrogen-bond acceptors (Lipinski definition) is 10. The molecule has 5 N–H and O–H groups in total. The van der Waals surface area contributed by atoms with Crippen LogP contribution in [0.5, 0.6) is 23.0 Å². The Morgan fingerprint density at radius 2 is 1.42 bits per heavy atom. The van der Waals surface area contributed by atoms with E-state index in [1.165, 1.54) is 36.4 Å². The molecule has 2 unspecified atom stereocenters. The highest BCUT2D eigenvalue weighted by atomic mass is 16.5. The fraction of sp³-hybridized carbons (Fsp3) is 0.125. The van der Waals surface area contributed by atoms with E-state index in [2.05, 4.69) is 10.1 Å². The summed E-state index contributed by atoms with van der Waals surface area (Å²) in [6.45, 7) is 0. The van der Waals surface area contributed by atoms with Crippen molar-refractivity contribution in [1.29, 1.82) is 0 Å². The molecule has 0 heterocycles. The number of phenolic OH excluding ortho intramolecular Hbond substituents is 4. The van der Waals surface area contributed by atoms with Crippen molar-refractivity contribution in [3.05, 3.63) is 118 Å². The minimum Gasteiger partial charge on any atom is -0.508 e. The number of nitrogens with one attached hydrogen (secondary N) is 1. The lowest BCUT2D eigenvalue weighted by molar-refractivity contribution is 0.0229. The van der Waals surface area contributed by atoms with Crippen LogP contribution in [0.1, 0.15) is 64.2 Å². The Kier molecular flexibility index (Phi) is 7.72. The average molecular weight is 584 g/mol. The van der Waals surface area contributed by atoms with Crippen molar-refractivity contribution in [2.45, 2.75) is 18.6 Å². The SMILES string of the molecule is COC(=O)c1cccc(O)c1C(=O)c1c(O)cc(C(=O)OC2Cc3ccccc3C2NC(=O)c2ccc(O)cc2)cc1O. The van der Waals surface area contributed by atoms with Crippen molar-refractivity contribution in [2.75, 3.05) is 7.11 Å². The van der Waals surface area contributed by atoms with Crippen LogP contribution in [0.15, 0.2) is 78.9 Å². The number of hydrogen-bond donors (Lipinski definition) is 5. The lowest BCUT2D eigenvalue weighted by atomic mass is 9.95. The lowest BCUT2D eigenvalue weighted by Crippen LogP contribution is -2.36. The lowest BCUT2D eigenvalue weighted by Gasteiger charge is -2.22. The fourth-order valence-corrected chi connectivity index (χ4v) is 5.03. The summed E-state index contributed by atoms with van der Waals surface area (Å²) in [4.78, 5) is 51.6. The summed E-state index contributed by atoms with van der Waals surface area (Å²) in [7, 11) is 1.09. The van der Waals surface area contributed by atoms with Gasteiger partial charge in [0.15, 0.2) is 0 Å². The topological polar surface area (TPSA) is 180 Å². The Hall–Kier alpha value is -5.84. The van der Waals surface area contributed by atoms with Crippen molar-refractivity contribution in [3.63, 3.8) is 0 Å². The predicted octanol–water partition coefficient (Wildman–Crippen LogP) is 3.78. The summed E-state index contributed by atoms with van der Waals surface area (Å²) in [5.74, 6) is -5.62. The molecule has 1 aliphatic carbocycles. The van der Waals surface area contributed by atoms with Gasteiger partial charge in [-0.3, -0.25) is 9.59 Å². The first-order valence-corrected chi connectivity index (χ1v) is 13.0. The van der Waals surface area contributed by atoms with Crippen molar-refractivity contribution in [2.24, 2.45) is 0 Å². The summed E-state index contributed by atoms with van der Waals surface area (Å²) >= 11 is 0. The number of esters is 2. The van der Waals surface area contributed by atoms with Crippen LogP contribution >= 0.6 is 0 Å². The van der Waals surface area contributed by atoms with Crippen LogP contribution in [0.2, 0.25) is 0 Å². The average Bonchev–Trinajstić information content (AvgIpc) is 3.32. The minimum absolute atomic E-state index is 0.00160. The molecule has 0 radical (unpaired) electrons. The van der Waals surface area contributed by atoms with Gasteiger partial charge in [0.25, 0.3) is 5.91 Å². The summed E-state index contributed by atoms with van der Waals surface area (Å²) in [5, 5.41) is 44.1. The molecule has 0 aromatic heterocycles. The Morgan fingerprint density at radius 1 is 0.744 bits per heavy atom. The molecule has 0 bridgehead atoms. The van der Waals surface area contributed by atoms with E-state index in [-0.39, 0.29) is 28.9 Å². The maximum absolute atomic E-state index is 13.3. The molecule has 218 valence electrons. The van der Waals surface area contributed by atoms with Crippen molar-refractivity contribution in [3.8, 4) is 23.0 Å². The Labute approximate surface area is 244 Å². The van der Waals surface area contributed by atoms with Gasteiger partial charge in [-0.2, -0.15) is 0 Å². The molecule has 1 aliphatic rings. The van der Waals surface area contributed by atoms with Crippen molar-refractivity contribution in [1.82, 2.24) is 5.32 Å². The highest BCUT2D eigenvalue weighted by Crippen LogP contribution is 2.37. The molecular formula is C32H25NO10. The molecule has 4 aromatic rings. The number of phenols is 4. The number of rotatable bonds is 7. The maximum atomic E-state index is 13.3. The molecule has 0 aliphatic heterocycles. The first-order chi connectivity index (χ1) is 20.6. The summed E-state index contributed by atoms with van der Waals surface area (Å²) < 4.78 is 10.4. The smallest absolute Gasteiger partial charge is 0.338 e. The second-order valence-corrected chi connectivity index (χ2v) is 9.75. The number of carbonyl (C=O) groups is 4. The van der Waals surface area contributed by atoms with Crippen LogP contribution in [0, 0.1) is 0 Å². The summed E-state index contributed by atoms with van der Waals surface area (Å²) in [5.41, 5.74) is 0.103. The molecule has 4 aromatic carbocycles. The second-order valence-electron chi connectivity index (χ2n) is 9.75. The molecule has 0 fully saturated rings. The Morgan fingerprint density at radius 3 is 2.09 bits per heavy atom. The third-order valence-electron chi connectivity index (χ3n) is 7.09. The molecule has 5 rings (SSSR count). The van der Waals surface area contributed by atoms with E-state index in [0.717, 1.165) is 36.4 Å².